The first-order chi connectivity index (χ1) is 9.77. The van der Waals surface area contributed by atoms with E-state index in [4.69, 9.17) is 15.4 Å². The van der Waals surface area contributed by atoms with E-state index >= 15 is 0 Å². The SMILES string of the molecule is O=S(=O)(Cl)c1cc(Br)ccc1OCc1ccc(F)c(Br)c1. The van der Waals surface area contributed by atoms with E-state index in [0.29, 0.717) is 14.5 Å². The molecule has 0 aliphatic heterocycles. The highest BCUT2D eigenvalue weighted by atomic mass is 79.9. The Hall–Kier alpha value is -0.630. The molecule has 2 aromatic carbocycles. The fourth-order valence-corrected chi connectivity index (χ4v) is 3.52. The van der Waals surface area contributed by atoms with Crippen LogP contribution in [-0.4, -0.2) is 8.42 Å². The third-order valence-corrected chi connectivity index (χ3v) is 4.99. The Labute approximate surface area is 142 Å². The van der Waals surface area contributed by atoms with Crippen LogP contribution in [0.15, 0.2) is 50.2 Å². The van der Waals surface area contributed by atoms with Gasteiger partial charge in [-0.05, 0) is 51.8 Å². The molecule has 0 fully saturated rings. The van der Waals surface area contributed by atoms with Gasteiger partial charge in [-0.15, -0.1) is 0 Å². The van der Waals surface area contributed by atoms with E-state index in [1.54, 1.807) is 18.2 Å². The van der Waals surface area contributed by atoms with Crippen LogP contribution in [-0.2, 0) is 15.7 Å². The molecule has 0 spiro atoms. The number of hydrogen-bond acceptors (Lipinski definition) is 3. The van der Waals surface area contributed by atoms with E-state index in [9.17, 15) is 12.8 Å². The molecule has 0 unspecified atom stereocenters. The van der Waals surface area contributed by atoms with E-state index < -0.39 is 9.05 Å². The third kappa shape index (κ3) is 4.42. The monoisotopic (exact) mass is 456 g/mol. The Bertz CT molecular complexity index is 781. The second kappa shape index (κ2) is 6.64. The molecule has 0 aromatic heterocycles. The van der Waals surface area contributed by atoms with Crippen LogP contribution < -0.4 is 4.74 Å². The molecular formula is C13H8Br2ClFO3S. The van der Waals surface area contributed by atoms with E-state index in [1.165, 1.54) is 18.2 Å². The van der Waals surface area contributed by atoms with Gasteiger partial charge in [0, 0.05) is 15.2 Å². The molecule has 0 N–H and O–H groups in total. The summed E-state index contributed by atoms with van der Waals surface area (Å²) in [6, 6.07) is 8.90. The van der Waals surface area contributed by atoms with Crippen molar-refractivity contribution in [2.75, 3.05) is 0 Å². The van der Waals surface area contributed by atoms with Gasteiger partial charge in [0.2, 0.25) is 0 Å². The zero-order valence-corrected chi connectivity index (χ0v) is 15.1. The van der Waals surface area contributed by atoms with Crippen molar-refractivity contribution in [2.24, 2.45) is 0 Å². The van der Waals surface area contributed by atoms with Gasteiger partial charge in [0.25, 0.3) is 9.05 Å². The Morgan fingerprint density at radius 1 is 1.14 bits per heavy atom. The lowest BCUT2D eigenvalue weighted by Gasteiger charge is -2.10. The van der Waals surface area contributed by atoms with Gasteiger partial charge in [-0.2, -0.15) is 0 Å². The maximum atomic E-state index is 13.1. The lowest BCUT2D eigenvalue weighted by molar-refractivity contribution is 0.298. The van der Waals surface area contributed by atoms with Crippen LogP contribution in [0.2, 0.25) is 0 Å². The molecule has 0 saturated carbocycles. The second-order valence-corrected chi connectivity index (χ2v) is 8.37. The van der Waals surface area contributed by atoms with Crippen LogP contribution in [0.25, 0.3) is 0 Å². The van der Waals surface area contributed by atoms with Crippen molar-refractivity contribution < 1.29 is 17.5 Å². The third-order valence-electron chi connectivity index (χ3n) is 2.55. The minimum absolute atomic E-state index is 0.0833. The van der Waals surface area contributed by atoms with Crippen LogP contribution >= 0.6 is 42.5 Å². The number of halogens is 4. The molecule has 0 aliphatic carbocycles. The molecule has 0 atom stereocenters. The Kier molecular flexibility index (Phi) is 5.29. The zero-order valence-electron chi connectivity index (χ0n) is 10.3. The van der Waals surface area contributed by atoms with Gasteiger partial charge in [-0.1, -0.05) is 22.0 Å². The first kappa shape index (κ1) is 16.7. The molecule has 112 valence electrons. The van der Waals surface area contributed by atoms with Gasteiger partial charge in [0.05, 0.1) is 4.47 Å². The zero-order chi connectivity index (χ0) is 15.6. The Balaban J connectivity index is 2.26. The van der Waals surface area contributed by atoms with Gasteiger partial charge in [-0.3, -0.25) is 0 Å². The maximum absolute atomic E-state index is 13.1. The summed E-state index contributed by atoms with van der Waals surface area (Å²) in [7, 11) is 1.45. The van der Waals surface area contributed by atoms with Gasteiger partial charge in [0.1, 0.15) is 23.1 Å². The molecule has 0 aliphatic rings. The molecule has 0 heterocycles. The number of rotatable bonds is 4. The summed E-state index contributed by atoms with van der Waals surface area (Å²) in [6.45, 7) is 0.0833. The normalized spacial score (nSPS) is 11.4. The minimum atomic E-state index is -3.93. The van der Waals surface area contributed by atoms with Crippen LogP contribution in [0, 0.1) is 5.82 Å². The molecule has 0 bridgehead atoms. The lowest BCUT2D eigenvalue weighted by atomic mass is 10.2. The highest BCUT2D eigenvalue weighted by Crippen LogP contribution is 2.30. The Morgan fingerprint density at radius 2 is 1.86 bits per heavy atom. The fourth-order valence-electron chi connectivity index (χ4n) is 1.58. The summed E-state index contributed by atoms with van der Waals surface area (Å²) in [5.74, 6) is -0.250. The lowest BCUT2D eigenvalue weighted by Crippen LogP contribution is -2.01. The molecule has 2 rings (SSSR count). The predicted octanol–water partition coefficient (Wildman–Crippen LogP) is 4.86. The summed E-state index contributed by atoms with van der Waals surface area (Å²) in [6.07, 6.45) is 0. The first-order valence-electron chi connectivity index (χ1n) is 5.58. The van der Waals surface area contributed by atoms with Crippen molar-refractivity contribution in [3.8, 4) is 5.75 Å². The van der Waals surface area contributed by atoms with Crippen LogP contribution in [0.4, 0.5) is 4.39 Å². The molecule has 0 saturated heterocycles. The van der Waals surface area contributed by atoms with Gasteiger partial charge >= 0.3 is 0 Å². The molecule has 2 aromatic rings. The maximum Gasteiger partial charge on any atom is 0.265 e. The Morgan fingerprint density at radius 3 is 2.48 bits per heavy atom. The van der Waals surface area contributed by atoms with Crippen LogP contribution in [0.5, 0.6) is 5.75 Å². The highest BCUT2D eigenvalue weighted by molar-refractivity contribution is 9.10. The van der Waals surface area contributed by atoms with Crippen molar-refractivity contribution in [3.05, 3.63) is 56.7 Å². The van der Waals surface area contributed by atoms with Crippen molar-refractivity contribution in [3.63, 3.8) is 0 Å². The van der Waals surface area contributed by atoms with Gasteiger partial charge in [-0.25, -0.2) is 12.8 Å². The molecule has 21 heavy (non-hydrogen) atoms. The average Bonchev–Trinajstić information content (AvgIpc) is 2.40. The molecular weight excluding hydrogens is 450 g/mol. The molecule has 0 radical (unpaired) electrons. The van der Waals surface area contributed by atoms with Crippen molar-refractivity contribution in [2.45, 2.75) is 11.5 Å². The quantitative estimate of drug-likeness (QED) is 0.615. The predicted molar refractivity (Wildman–Crippen MR) is 85.6 cm³/mol. The number of hydrogen-bond donors (Lipinski definition) is 0. The van der Waals surface area contributed by atoms with Crippen molar-refractivity contribution in [1.29, 1.82) is 0 Å². The standard InChI is InChI=1S/C13H8Br2ClFO3S/c14-9-2-4-12(13(6-9)21(16,18)19)20-7-8-1-3-11(17)10(15)5-8/h1-6H,7H2. The molecule has 3 nitrogen and oxygen atoms in total. The van der Waals surface area contributed by atoms with Gasteiger partial charge < -0.3 is 4.74 Å². The van der Waals surface area contributed by atoms with Crippen molar-refractivity contribution in [1.82, 2.24) is 0 Å². The smallest absolute Gasteiger partial charge is 0.265 e. The van der Waals surface area contributed by atoms with Crippen LogP contribution in [0.3, 0.4) is 0 Å². The molecule has 8 heteroatoms. The average molecular weight is 459 g/mol. The molecule has 0 amide bonds. The summed E-state index contributed by atoms with van der Waals surface area (Å²) in [5.41, 5.74) is 0.684. The summed E-state index contributed by atoms with van der Waals surface area (Å²) >= 11 is 6.25. The summed E-state index contributed by atoms with van der Waals surface area (Å²) in [5, 5.41) is 0. The van der Waals surface area contributed by atoms with E-state index in [1.807, 2.05) is 0 Å². The van der Waals surface area contributed by atoms with E-state index in [0.717, 1.165) is 0 Å². The minimum Gasteiger partial charge on any atom is -0.487 e. The van der Waals surface area contributed by atoms with Crippen molar-refractivity contribution >= 4 is 51.6 Å². The number of ether oxygens (including phenoxy) is 1. The van der Waals surface area contributed by atoms with E-state index in [-0.39, 0.29) is 23.1 Å². The van der Waals surface area contributed by atoms with Crippen LogP contribution in [0.1, 0.15) is 5.56 Å². The van der Waals surface area contributed by atoms with E-state index in [2.05, 4.69) is 31.9 Å². The first-order valence-corrected chi connectivity index (χ1v) is 9.48. The second-order valence-electron chi connectivity index (χ2n) is 4.07. The number of benzene rings is 2. The van der Waals surface area contributed by atoms with Gasteiger partial charge in [0.15, 0.2) is 0 Å². The largest absolute Gasteiger partial charge is 0.487 e. The fraction of sp³-hybridized carbons (Fsp3) is 0.0769. The summed E-state index contributed by atoms with van der Waals surface area (Å²) in [4.78, 5) is -0.125. The highest BCUT2D eigenvalue weighted by Gasteiger charge is 2.17. The topological polar surface area (TPSA) is 43.4 Å². The summed E-state index contributed by atoms with van der Waals surface area (Å²) < 4.78 is 42.5.